The second-order valence-electron chi connectivity index (χ2n) is 4.20. The molecule has 0 aromatic heterocycles. The molecule has 92 valence electrons. The first-order valence-corrected chi connectivity index (χ1v) is 6.46. The molecule has 0 atom stereocenters. The molecular weight excluding hydrogens is 194 g/mol. The van der Waals surface area contributed by atoms with Crippen molar-refractivity contribution in [1.29, 1.82) is 0 Å². The van der Waals surface area contributed by atoms with Crippen LogP contribution in [0.1, 0.15) is 60.8 Å². The van der Waals surface area contributed by atoms with Gasteiger partial charge in [0.05, 0.1) is 0 Å². The number of hydrogen-bond donors (Lipinski definition) is 0. The van der Waals surface area contributed by atoms with E-state index >= 15 is 0 Å². The van der Waals surface area contributed by atoms with Gasteiger partial charge in [-0.2, -0.15) is 0 Å². The van der Waals surface area contributed by atoms with Crippen LogP contribution in [0.3, 0.4) is 0 Å². The molecule has 0 fully saturated rings. The molecule has 0 spiro atoms. The summed E-state index contributed by atoms with van der Waals surface area (Å²) in [5, 5.41) is 0. The maximum Gasteiger partial charge on any atom is 0.0364 e. The van der Waals surface area contributed by atoms with E-state index in [4.69, 9.17) is 0 Å². The maximum atomic E-state index is 4.48. The van der Waals surface area contributed by atoms with Crippen molar-refractivity contribution in [2.75, 3.05) is 6.54 Å². The van der Waals surface area contributed by atoms with Crippen molar-refractivity contribution in [2.24, 2.45) is 4.99 Å². The lowest BCUT2D eigenvalue weighted by molar-refractivity contribution is 0.899. The third-order valence-electron chi connectivity index (χ3n) is 2.95. The first-order valence-electron chi connectivity index (χ1n) is 6.46. The molecule has 0 unspecified atom stereocenters. The van der Waals surface area contributed by atoms with Crippen molar-refractivity contribution in [2.45, 2.75) is 60.8 Å². The molecule has 0 radical (unpaired) electrons. The quantitative estimate of drug-likeness (QED) is 0.445. The van der Waals surface area contributed by atoms with Crippen LogP contribution >= 0.6 is 0 Å². The first-order chi connectivity index (χ1) is 7.58. The van der Waals surface area contributed by atoms with Crippen LogP contribution in [-0.2, 0) is 0 Å². The van der Waals surface area contributed by atoms with Crippen LogP contribution < -0.4 is 0 Å². The van der Waals surface area contributed by atoms with Gasteiger partial charge in [0.2, 0.25) is 0 Å². The predicted molar refractivity (Wildman–Crippen MR) is 75.3 cm³/mol. The highest BCUT2D eigenvalue weighted by molar-refractivity contribution is 5.98. The van der Waals surface area contributed by atoms with Gasteiger partial charge < -0.3 is 0 Å². The number of allylic oxidation sites excluding steroid dienone is 4. The van der Waals surface area contributed by atoms with E-state index in [0.717, 1.165) is 13.0 Å². The lowest BCUT2D eigenvalue weighted by atomic mass is 9.95. The van der Waals surface area contributed by atoms with Gasteiger partial charge in [-0.25, -0.2) is 0 Å². The van der Waals surface area contributed by atoms with Gasteiger partial charge in [0, 0.05) is 12.3 Å². The van der Waals surface area contributed by atoms with Crippen LogP contribution in [0, 0.1) is 0 Å². The number of aliphatic imine (C=N–C) groups is 1. The highest BCUT2D eigenvalue weighted by Gasteiger charge is 2.05. The fraction of sp³-hybridized carbons (Fsp3) is 0.667. The van der Waals surface area contributed by atoms with E-state index in [9.17, 15) is 0 Å². The zero-order valence-electron chi connectivity index (χ0n) is 11.9. The molecule has 0 saturated carbocycles. The minimum atomic E-state index is 0.872. The Morgan fingerprint density at radius 2 is 1.62 bits per heavy atom. The second kappa shape index (κ2) is 8.32. The maximum absolute atomic E-state index is 4.48. The average Bonchev–Trinajstić information content (AvgIpc) is 2.27. The Labute approximate surface area is 101 Å². The fourth-order valence-electron chi connectivity index (χ4n) is 1.83. The standard InChI is InChI=1S/C15H27N/c1-7-10-15(11-8-2)13(5)12(4)14(6)16-9-3/h10H,7-9,11H2,1-6H3/b13-12+,15-10-,16-14?. The van der Waals surface area contributed by atoms with Gasteiger partial charge in [-0.05, 0) is 57.3 Å². The molecule has 0 N–H and O–H groups in total. The fourth-order valence-corrected chi connectivity index (χ4v) is 1.83. The average molecular weight is 221 g/mol. The normalized spacial score (nSPS) is 15.1. The lowest BCUT2D eigenvalue weighted by Crippen LogP contribution is -2.00. The van der Waals surface area contributed by atoms with Crippen molar-refractivity contribution in [3.8, 4) is 0 Å². The molecule has 0 aromatic carbocycles. The largest absolute Gasteiger partial charge is 0.290 e. The number of nitrogens with zero attached hydrogens (tertiary/aromatic N) is 1. The van der Waals surface area contributed by atoms with Gasteiger partial charge in [0.15, 0.2) is 0 Å². The zero-order chi connectivity index (χ0) is 12.6. The van der Waals surface area contributed by atoms with Gasteiger partial charge in [-0.1, -0.05) is 26.3 Å². The summed E-state index contributed by atoms with van der Waals surface area (Å²) in [5.41, 5.74) is 5.43. The van der Waals surface area contributed by atoms with Gasteiger partial charge >= 0.3 is 0 Å². The Bertz CT molecular complexity index is 293. The van der Waals surface area contributed by atoms with Crippen LogP contribution in [0.4, 0.5) is 0 Å². The van der Waals surface area contributed by atoms with E-state index in [-0.39, 0.29) is 0 Å². The molecule has 0 heterocycles. The summed E-state index contributed by atoms with van der Waals surface area (Å²) in [6, 6.07) is 0. The van der Waals surface area contributed by atoms with E-state index < -0.39 is 0 Å². The highest BCUT2D eigenvalue weighted by Crippen LogP contribution is 2.20. The second-order valence-corrected chi connectivity index (χ2v) is 4.20. The smallest absolute Gasteiger partial charge is 0.0364 e. The number of hydrogen-bond acceptors (Lipinski definition) is 1. The van der Waals surface area contributed by atoms with E-state index in [1.807, 2.05) is 0 Å². The monoisotopic (exact) mass is 221 g/mol. The van der Waals surface area contributed by atoms with Crippen molar-refractivity contribution in [3.05, 3.63) is 22.8 Å². The predicted octanol–water partition coefficient (Wildman–Crippen LogP) is 4.94. The van der Waals surface area contributed by atoms with Gasteiger partial charge in [-0.3, -0.25) is 4.99 Å². The molecule has 0 aliphatic carbocycles. The summed E-state index contributed by atoms with van der Waals surface area (Å²) in [5.74, 6) is 0. The van der Waals surface area contributed by atoms with Gasteiger partial charge in [0.1, 0.15) is 0 Å². The molecule has 0 aliphatic heterocycles. The Morgan fingerprint density at radius 1 is 1.00 bits per heavy atom. The minimum absolute atomic E-state index is 0.872. The van der Waals surface area contributed by atoms with Crippen LogP contribution in [0.2, 0.25) is 0 Å². The molecule has 1 nitrogen and oxygen atoms in total. The Kier molecular flexibility index (Phi) is 7.88. The van der Waals surface area contributed by atoms with Gasteiger partial charge in [-0.15, -0.1) is 0 Å². The third kappa shape index (κ3) is 4.78. The summed E-state index contributed by atoms with van der Waals surface area (Å²) < 4.78 is 0. The van der Waals surface area contributed by atoms with E-state index in [1.54, 1.807) is 0 Å². The molecular formula is C15H27N. The van der Waals surface area contributed by atoms with E-state index in [2.05, 4.69) is 52.6 Å². The van der Waals surface area contributed by atoms with E-state index in [1.165, 1.54) is 35.3 Å². The molecule has 0 aromatic rings. The minimum Gasteiger partial charge on any atom is -0.290 e. The molecule has 0 amide bonds. The topological polar surface area (TPSA) is 12.4 Å². The molecule has 0 saturated heterocycles. The molecule has 0 rings (SSSR count). The summed E-state index contributed by atoms with van der Waals surface area (Å²) in [7, 11) is 0. The van der Waals surface area contributed by atoms with Crippen molar-refractivity contribution in [3.63, 3.8) is 0 Å². The summed E-state index contributed by atoms with van der Waals surface area (Å²) in [6.07, 6.45) is 5.85. The molecule has 0 aliphatic rings. The van der Waals surface area contributed by atoms with Gasteiger partial charge in [0.25, 0.3) is 0 Å². The summed E-state index contributed by atoms with van der Waals surface area (Å²) in [6.45, 7) is 13.9. The lowest BCUT2D eigenvalue weighted by Gasteiger charge is -2.11. The van der Waals surface area contributed by atoms with Crippen LogP contribution in [-0.4, -0.2) is 12.3 Å². The third-order valence-corrected chi connectivity index (χ3v) is 2.95. The molecule has 0 bridgehead atoms. The summed E-state index contributed by atoms with van der Waals surface area (Å²) >= 11 is 0. The van der Waals surface area contributed by atoms with Crippen molar-refractivity contribution < 1.29 is 0 Å². The molecule has 16 heavy (non-hydrogen) atoms. The Morgan fingerprint density at radius 3 is 2.06 bits per heavy atom. The van der Waals surface area contributed by atoms with Crippen molar-refractivity contribution >= 4 is 5.71 Å². The van der Waals surface area contributed by atoms with E-state index in [0.29, 0.717) is 0 Å². The zero-order valence-corrected chi connectivity index (χ0v) is 11.9. The Hall–Kier alpha value is -0.850. The van der Waals surface area contributed by atoms with Crippen LogP contribution in [0.25, 0.3) is 0 Å². The highest BCUT2D eigenvalue weighted by atomic mass is 14.7. The van der Waals surface area contributed by atoms with Crippen LogP contribution in [0.5, 0.6) is 0 Å². The Balaban J connectivity index is 5.09. The SMILES string of the molecule is CC/C=C(CCC)\C(C)=C(/C)C(C)=NCC. The number of rotatable bonds is 6. The van der Waals surface area contributed by atoms with Crippen molar-refractivity contribution in [1.82, 2.24) is 0 Å². The van der Waals surface area contributed by atoms with Crippen LogP contribution in [0.15, 0.2) is 27.8 Å². The molecule has 1 heteroatoms. The summed E-state index contributed by atoms with van der Waals surface area (Å²) in [4.78, 5) is 4.48. The first kappa shape index (κ1) is 15.2.